The summed E-state index contributed by atoms with van der Waals surface area (Å²) in [6, 6.07) is 4.72. The van der Waals surface area contributed by atoms with E-state index in [0.29, 0.717) is 23.0 Å². The van der Waals surface area contributed by atoms with Crippen molar-refractivity contribution in [3.8, 4) is 0 Å². The Morgan fingerprint density at radius 3 is 2.72 bits per heavy atom. The lowest BCUT2D eigenvalue weighted by Crippen LogP contribution is -2.26. The molecule has 18 heavy (non-hydrogen) atoms. The molecule has 0 aliphatic carbocycles. The fourth-order valence-corrected chi connectivity index (χ4v) is 2.52. The third kappa shape index (κ3) is 2.89. The first-order chi connectivity index (χ1) is 8.52. The lowest BCUT2D eigenvalue weighted by molar-refractivity contribution is 0.112. The summed E-state index contributed by atoms with van der Waals surface area (Å²) in [5.74, 6) is -0.292. The minimum absolute atomic E-state index is 0.292. The maximum atomic E-state index is 13.9. The highest BCUT2D eigenvalue weighted by molar-refractivity contribution is 5.76. The van der Waals surface area contributed by atoms with Gasteiger partial charge in [-0.1, -0.05) is 13.8 Å². The molecule has 1 aliphatic rings. The second-order valence-electron chi connectivity index (χ2n) is 5.83. The first-order valence-electron chi connectivity index (χ1n) is 6.51. The van der Waals surface area contributed by atoms with Gasteiger partial charge in [0.2, 0.25) is 0 Å². The molecule has 0 aromatic heterocycles. The van der Waals surface area contributed by atoms with Gasteiger partial charge in [0.1, 0.15) is 12.1 Å². The van der Waals surface area contributed by atoms with E-state index in [1.54, 1.807) is 12.1 Å². The molecule has 0 atom stereocenters. The summed E-state index contributed by atoms with van der Waals surface area (Å²) < 4.78 is 13.9. The Hall–Kier alpha value is -1.38. The van der Waals surface area contributed by atoms with Crippen molar-refractivity contribution in [1.29, 1.82) is 0 Å². The fourth-order valence-electron chi connectivity index (χ4n) is 2.52. The number of halogens is 1. The van der Waals surface area contributed by atoms with Crippen LogP contribution in [-0.2, 0) is 0 Å². The maximum Gasteiger partial charge on any atom is 0.150 e. The normalized spacial score (nSPS) is 19.4. The molecule has 0 bridgehead atoms. The number of carbonyl (C=O) groups is 1. The van der Waals surface area contributed by atoms with Crippen LogP contribution in [0.4, 0.5) is 10.1 Å². The molecule has 3 heteroatoms. The number of hydrogen-bond acceptors (Lipinski definition) is 2. The Kier molecular flexibility index (Phi) is 3.69. The van der Waals surface area contributed by atoms with E-state index in [9.17, 15) is 9.18 Å². The van der Waals surface area contributed by atoms with Gasteiger partial charge >= 0.3 is 0 Å². The van der Waals surface area contributed by atoms with Crippen molar-refractivity contribution in [2.75, 3.05) is 18.0 Å². The highest BCUT2D eigenvalue weighted by Crippen LogP contribution is 2.32. The number of hydrogen-bond donors (Lipinski definition) is 0. The minimum atomic E-state index is -0.292. The van der Waals surface area contributed by atoms with Gasteiger partial charge in [-0.2, -0.15) is 0 Å². The second-order valence-corrected chi connectivity index (χ2v) is 5.83. The maximum absolute atomic E-state index is 13.9. The van der Waals surface area contributed by atoms with Crippen LogP contribution in [0.5, 0.6) is 0 Å². The van der Waals surface area contributed by atoms with E-state index < -0.39 is 0 Å². The second kappa shape index (κ2) is 5.09. The van der Waals surface area contributed by atoms with Gasteiger partial charge in [-0.05, 0) is 42.9 Å². The van der Waals surface area contributed by atoms with Gasteiger partial charge < -0.3 is 4.90 Å². The lowest BCUT2D eigenvalue weighted by atomic mass is 9.85. The Balaban J connectivity index is 2.18. The highest BCUT2D eigenvalue weighted by Gasteiger charge is 2.24. The summed E-state index contributed by atoms with van der Waals surface area (Å²) in [6.45, 7) is 6.30. The summed E-state index contributed by atoms with van der Waals surface area (Å²) in [6.07, 6.45) is 4.01. The monoisotopic (exact) mass is 249 g/mol. The minimum Gasteiger partial charge on any atom is -0.369 e. The van der Waals surface area contributed by atoms with Crippen LogP contribution in [0.1, 0.15) is 43.5 Å². The van der Waals surface area contributed by atoms with Crippen molar-refractivity contribution in [3.63, 3.8) is 0 Å². The number of anilines is 1. The van der Waals surface area contributed by atoms with Crippen molar-refractivity contribution < 1.29 is 9.18 Å². The number of carbonyl (C=O) groups excluding carboxylic acids is 1. The van der Waals surface area contributed by atoms with Gasteiger partial charge in [0, 0.05) is 18.7 Å². The van der Waals surface area contributed by atoms with Crippen LogP contribution >= 0.6 is 0 Å². The first-order valence-corrected chi connectivity index (χ1v) is 6.51. The van der Waals surface area contributed by atoms with Crippen molar-refractivity contribution in [3.05, 3.63) is 29.6 Å². The van der Waals surface area contributed by atoms with Gasteiger partial charge in [0.05, 0.1) is 5.69 Å². The van der Waals surface area contributed by atoms with E-state index in [0.717, 1.165) is 25.9 Å². The highest BCUT2D eigenvalue weighted by atomic mass is 19.1. The third-order valence-corrected chi connectivity index (χ3v) is 3.79. The number of rotatable bonds is 2. The first kappa shape index (κ1) is 13.1. The van der Waals surface area contributed by atoms with Gasteiger partial charge in [-0.3, -0.25) is 4.79 Å². The molecule has 2 nitrogen and oxygen atoms in total. The average Bonchev–Trinajstić information content (AvgIpc) is 2.50. The molecule has 98 valence electrons. The van der Waals surface area contributed by atoms with Crippen LogP contribution in [0.25, 0.3) is 0 Å². The van der Waals surface area contributed by atoms with Crippen molar-refractivity contribution in [2.45, 2.75) is 33.1 Å². The van der Waals surface area contributed by atoms with Crippen molar-refractivity contribution in [2.24, 2.45) is 5.41 Å². The molecule has 0 spiro atoms. The zero-order chi connectivity index (χ0) is 13.2. The van der Waals surface area contributed by atoms with Crippen molar-refractivity contribution in [1.82, 2.24) is 0 Å². The Labute approximate surface area is 108 Å². The molecule has 0 amide bonds. The molecular formula is C15H20FNO. The van der Waals surface area contributed by atoms with Gasteiger partial charge in [0.15, 0.2) is 0 Å². The summed E-state index contributed by atoms with van der Waals surface area (Å²) in [5, 5.41) is 0. The number of nitrogens with zero attached hydrogens (tertiary/aromatic N) is 1. The SMILES string of the molecule is CC1(C)CCCN(c2ccc(C=O)cc2F)CC1. The summed E-state index contributed by atoms with van der Waals surface area (Å²) in [7, 11) is 0. The molecule has 0 N–H and O–H groups in total. The average molecular weight is 249 g/mol. The largest absolute Gasteiger partial charge is 0.369 e. The molecule has 1 aromatic carbocycles. The lowest BCUT2D eigenvalue weighted by Gasteiger charge is -2.25. The third-order valence-electron chi connectivity index (χ3n) is 3.79. The standard InChI is InChI=1S/C15H20FNO/c1-15(2)6-3-8-17(9-7-15)14-5-4-12(11-18)10-13(14)16/h4-5,10-11H,3,6-9H2,1-2H3. The molecule has 0 radical (unpaired) electrons. The van der Waals surface area contributed by atoms with E-state index in [1.807, 2.05) is 0 Å². The summed E-state index contributed by atoms with van der Waals surface area (Å²) in [4.78, 5) is 12.7. The number of aldehydes is 1. The molecule has 0 saturated carbocycles. The summed E-state index contributed by atoms with van der Waals surface area (Å²) in [5.41, 5.74) is 1.36. The van der Waals surface area contributed by atoms with Gasteiger partial charge in [-0.15, -0.1) is 0 Å². The molecular weight excluding hydrogens is 229 g/mol. The quantitative estimate of drug-likeness (QED) is 0.746. The van der Waals surface area contributed by atoms with Crippen LogP contribution in [0.15, 0.2) is 18.2 Å². The molecule has 1 heterocycles. The van der Waals surface area contributed by atoms with E-state index >= 15 is 0 Å². The topological polar surface area (TPSA) is 20.3 Å². The smallest absolute Gasteiger partial charge is 0.150 e. The predicted molar refractivity (Wildman–Crippen MR) is 71.6 cm³/mol. The van der Waals surface area contributed by atoms with E-state index in [2.05, 4.69) is 18.7 Å². The Morgan fingerprint density at radius 1 is 1.28 bits per heavy atom. The molecule has 1 aliphatic heterocycles. The number of benzene rings is 1. The summed E-state index contributed by atoms with van der Waals surface area (Å²) >= 11 is 0. The van der Waals surface area contributed by atoms with Crippen LogP contribution in [0.3, 0.4) is 0 Å². The Bertz CT molecular complexity index is 442. The molecule has 2 rings (SSSR count). The van der Waals surface area contributed by atoms with Crippen LogP contribution in [-0.4, -0.2) is 19.4 Å². The predicted octanol–water partition coefficient (Wildman–Crippen LogP) is 3.65. The zero-order valence-corrected chi connectivity index (χ0v) is 11.1. The van der Waals surface area contributed by atoms with E-state index in [1.165, 1.54) is 12.5 Å². The molecule has 0 unspecified atom stereocenters. The fraction of sp³-hybridized carbons (Fsp3) is 0.533. The van der Waals surface area contributed by atoms with Gasteiger partial charge in [0.25, 0.3) is 0 Å². The van der Waals surface area contributed by atoms with E-state index in [-0.39, 0.29) is 5.82 Å². The van der Waals surface area contributed by atoms with Crippen LogP contribution in [0, 0.1) is 11.2 Å². The molecule has 1 fully saturated rings. The Morgan fingerprint density at radius 2 is 2.06 bits per heavy atom. The molecule has 1 saturated heterocycles. The van der Waals surface area contributed by atoms with Crippen LogP contribution in [0.2, 0.25) is 0 Å². The van der Waals surface area contributed by atoms with Gasteiger partial charge in [-0.25, -0.2) is 4.39 Å². The van der Waals surface area contributed by atoms with E-state index in [4.69, 9.17) is 0 Å². The zero-order valence-electron chi connectivity index (χ0n) is 11.1. The van der Waals surface area contributed by atoms with Crippen LogP contribution < -0.4 is 4.90 Å². The van der Waals surface area contributed by atoms with Crippen molar-refractivity contribution >= 4 is 12.0 Å². The molecule has 1 aromatic rings.